The van der Waals surface area contributed by atoms with Crippen LogP contribution in [0.2, 0.25) is 0 Å². The summed E-state index contributed by atoms with van der Waals surface area (Å²) in [5.74, 6) is -0.122. The Morgan fingerprint density at radius 1 is 0.327 bits per heavy atom. The van der Waals surface area contributed by atoms with Crippen LogP contribution in [0.1, 0.15) is 185 Å². The molecule has 2 heteroatoms. The highest BCUT2D eigenvalue weighted by atomic mass is 16.1. The summed E-state index contributed by atoms with van der Waals surface area (Å²) < 4.78 is 0. The second-order valence-electron chi connectivity index (χ2n) is 15.4. The highest BCUT2D eigenvalue weighted by molar-refractivity contribution is 6.32. The van der Waals surface area contributed by atoms with Crippen molar-refractivity contribution < 1.29 is 9.59 Å². The van der Waals surface area contributed by atoms with Gasteiger partial charge in [0.1, 0.15) is 0 Å². The molecule has 0 heterocycles. The van der Waals surface area contributed by atoms with Crippen molar-refractivity contribution in [1.82, 2.24) is 0 Å². The normalized spacial score (nSPS) is 12.3. The van der Waals surface area contributed by atoms with Crippen molar-refractivity contribution in [2.45, 2.75) is 155 Å². The molecule has 0 bridgehead atoms. The van der Waals surface area contributed by atoms with E-state index in [1.54, 1.807) is 12.1 Å². The van der Waals surface area contributed by atoms with E-state index < -0.39 is 0 Å². The number of hydrogen-bond acceptors (Lipinski definition) is 2. The first-order valence-electron chi connectivity index (χ1n) is 21.2. The second-order valence-corrected chi connectivity index (χ2v) is 15.4. The van der Waals surface area contributed by atoms with Crippen LogP contribution in [0.25, 0.3) is 22.3 Å². The minimum Gasteiger partial charge on any atom is -0.289 e. The monoisotopic (exact) mass is 696 g/mol. The molecule has 0 aromatic heterocycles. The minimum absolute atomic E-state index is 0.0610. The van der Waals surface area contributed by atoms with Crippen LogP contribution in [-0.2, 0) is 12.8 Å². The summed E-state index contributed by atoms with van der Waals surface area (Å²) in [5.41, 5.74) is 8.41. The summed E-state index contributed by atoms with van der Waals surface area (Å²) in [7, 11) is 0. The highest BCUT2D eigenvalue weighted by Crippen LogP contribution is 2.40. The van der Waals surface area contributed by atoms with Crippen LogP contribution in [0, 0.1) is 0 Å². The zero-order valence-electron chi connectivity index (χ0n) is 32.5. The predicted octanol–water partition coefficient (Wildman–Crippen LogP) is 14.7. The lowest BCUT2D eigenvalue weighted by atomic mass is 9.77. The summed E-state index contributed by atoms with van der Waals surface area (Å²) in [4.78, 5) is 28.4. The Balaban J connectivity index is 1.22. The van der Waals surface area contributed by atoms with E-state index in [0.29, 0.717) is 22.3 Å². The van der Waals surface area contributed by atoms with Gasteiger partial charge in [0.15, 0.2) is 11.6 Å². The standard InChI is InChI=1S/C50H64O2/c1-3-5-7-9-11-13-15-17-19-21-25-39-29-33-41(34-30-39)43-37-38-44(48-47(43)49(51)45-27-23-24-28-46(45)50(48)52)42-35-31-40(32-36-42)26-22-20-18-16-14-12-10-8-6-4-2/h23-24,27-38H,3-22,25-26H2,1-2H3. The van der Waals surface area contributed by atoms with E-state index >= 15 is 0 Å². The van der Waals surface area contributed by atoms with Gasteiger partial charge in [-0.1, -0.05) is 214 Å². The summed E-state index contributed by atoms with van der Waals surface area (Å²) in [5, 5.41) is 0. The summed E-state index contributed by atoms with van der Waals surface area (Å²) in [6.45, 7) is 4.55. The molecule has 0 amide bonds. The van der Waals surface area contributed by atoms with Crippen molar-refractivity contribution in [3.8, 4) is 22.3 Å². The average Bonchev–Trinajstić information content (AvgIpc) is 3.18. The van der Waals surface area contributed by atoms with Crippen LogP contribution < -0.4 is 0 Å². The maximum absolute atomic E-state index is 14.2. The SMILES string of the molecule is CCCCCCCCCCCCc1ccc(-c2ccc(-c3ccc(CCCCCCCCCCCC)cc3)c3c2C(=O)c2ccccc2C3=O)cc1. The van der Waals surface area contributed by atoms with Gasteiger partial charge in [0.2, 0.25) is 0 Å². The fourth-order valence-electron chi connectivity index (χ4n) is 8.04. The van der Waals surface area contributed by atoms with Gasteiger partial charge in [-0.15, -0.1) is 0 Å². The van der Waals surface area contributed by atoms with E-state index in [4.69, 9.17) is 0 Å². The predicted molar refractivity (Wildman–Crippen MR) is 222 cm³/mol. The van der Waals surface area contributed by atoms with E-state index in [9.17, 15) is 9.59 Å². The Morgan fingerprint density at radius 3 is 0.962 bits per heavy atom. The summed E-state index contributed by atoms with van der Waals surface area (Å²) >= 11 is 0. The van der Waals surface area contributed by atoms with Crippen molar-refractivity contribution in [3.05, 3.63) is 118 Å². The first-order chi connectivity index (χ1) is 25.6. The second kappa shape index (κ2) is 21.7. The number of ketones is 2. The van der Waals surface area contributed by atoms with Gasteiger partial charge in [0.25, 0.3) is 0 Å². The number of carbonyl (C=O) groups excluding carboxylic acids is 2. The highest BCUT2D eigenvalue weighted by Gasteiger charge is 2.34. The van der Waals surface area contributed by atoms with Gasteiger partial charge in [-0.25, -0.2) is 0 Å². The van der Waals surface area contributed by atoms with Gasteiger partial charge in [-0.05, 0) is 59.1 Å². The van der Waals surface area contributed by atoms with Gasteiger partial charge in [0.05, 0.1) is 0 Å². The number of benzene rings is 4. The Kier molecular flexibility index (Phi) is 16.4. The van der Waals surface area contributed by atoms with Crippen molar-refractivity contribution in [3.63, 3.8) is 0 Å². The lowest BCUT2D eigenvalue weighted by Gasteiger charge is -2.23. The molecule has 1 aliphatic carbocycles. The molecule has 5 rings (SSSR count). The molecule has 0 radical (unpaired) electrons. The van der Waals surface area contributed by atoms with Crippen LogP contribution in [0.15, 0.2) is 84.9 Å². The molecule has 0 atom stereocenters. The largest absolute Gasteiger partial charge is 0.289 e. The maximum atomic E-state index is 14.2. The molecule has 0 spiro atoms. The number of fused-ring (bicyclic) bond motifs is 2. The van der Waals surface area contributed by atoms with E-state index in [1.807, 2.05) is 12.1 Å². The van der Waals surface area contributed by atoms with Crippen molar-refractivity contribution in [2.24, 2.45) is 0 Å². The number of carbonyl (C=O) groups is 2. The molecule has 2 nitrogen and oxygen atoms in total. The first-order valence-corrected chi connectivity index (χ1v) is 21.2. The lowest BCUT2D eigenvalue weighted by Crippen LogP contribution is -2.22. The molecule has 1 aliphatic rings. The maximum Gasteiger partial charge on any atom is 0.195 e. The van der Waals surface area contributed by atoms with Gasteiger partial charge >= 0.3 is 0 Å². The third kappa shape index (κ3) is 11.1. The fourth-order valence-corrected chi connectivity index (χ4v) is 8.04. The van der Waals surface area contributed by atoms with Crippen molar-refractivity contribution >= 4 is 11.6 Å². The minimum atomic E-state index is -0.0610. The molecule has 0 aliphatic heterocycles. The molecule has 0 unspecified atom stereocenters. The molecule has 0 fully saturated rings. The third-order valence-corrected chi connectivity index (χ3v) is 11.2. The van der Waals surface area contributed by atoms with Crippen LogP contribution in [0.4, 0.5) is 0 Å². The molecule has 4 aromatic rings. The fraction of sp³-hybridized carbons (Fsp3) is 0.480. The smallest absolute Gasteiger partial charge is 0.195 e. The molecular formula is C50H64O2. The van der Waals surface area contributed by atoms with Crippen molar-refractivity contribution in [2.75, 3.05) is 0 Å². The average molecular weight is 697 g/mol. The van der Waals surface area contributed by atoms with Crippen LogP contribution in [0.3, 0.4) is 0 Å². The molecule has 276 valence electrons. The Bertz CT molecular complexity index is 1550. The Morgan fingerprint density at radius 2 is 0.635 bits per heavy atom. The topological polar surface area (TPSA) is 34.1 Å². The molecule has 0 N–H and O–H groups in total. The number of rotatable bonds is 24. The zero-order chi connectivity index (χ0) is 36.4. The molecular weight excluding hydrogens is 633 g/mol. The first kappa shape index (κ1) is 39.4. The van der Waals surface area contributed by atoms with E-state index in [1.165, 1.54) is 140 Å². The summed E-state index contributed by atoms with van der Waals surface area (Å²) in [6.07, 6.45) is 29.0. The van der Waals surface area contributed by atoms with E-state index in [-0.39, 0.29) is 11.6 Å². The van der Waals surface area contributed by atoms with Gasteiger partial charge in [-0.2, -0.15) is 0 Å². The van der Waals surface area contributed by atoms with Crippen molar-refractivity contribution in [1.29, 1.82) is 0 Å². The number of aryl methyl sites for hydroxylation is 2. The Hall–Kier alpha value is -3.78. The quantitative estimate of drug-likeness (QED) is 0.0602. The molecule has 0 saturated heterocycles. The lowest BCUT2D eigenvalue weighted by molar-refractivity contribution is 0.0980. The molecule has 4 aromatic carbocycles. The Labute approximate surface area is 315 Å². The number of hydrogen-bond donors (Lipinski definition) is 0. The number of unbranched alkanes of at least 4 members (excludes halogenated alkanes) is 18. The zero-order valence-corrected chi connectivity index (χ0v) is 32.5. The van der Waals surface area contributed by atoms with Crippen LogP contribution in [-0.4, -0.2) is 11.6 Å². The van der Waals surface area contributed by atoms with E-state index in [2.05, 4.69) is 74.5 Å². The van der Waals surface area contributed by atoms with Crippen LogP contribution >= 0.6 is 0 Å². The van der Waals surface area contributed by atoms with Gasteiger partial charge < -0.3 is 0 Å². The van der Waals surface area contributed by atoms with E-state index in [0.717, 1.165) is 35.1 Å². The summed E-state index contributed by atoms with van der Waals surface area (Å²) in [6, 6.07) is 28.8. The molecule has 0 saturated carbocycles. The third-order valence-electron chi connectivity index (χ3n) is 11.2. The van der Waals surface area contributed by atoms with Crippen LogP contribution in [0.5, 0.6) is 0 Å². The van der Waals surface area contributed by atoms with Gasteiger partial charge in [-0.3, -0.25) is 9.59 Å². The van der Waals surface area contributed by atoms with Gasteiger partial charge in [0, 0.05) is 22.3 Å². The molecule has 52 heavy (non-hydrogen) atoms.